The summed E-state index contributed by atoms with van der Waals surface area (Å²) in [6.45, 7) is 1.25. The maximum absolute atomic E-state index is 12.4. The molecule has 0 heterocycles. The predicted octanol–water partition coefficient (Wildman–Crippen LogP) is 3.52. The van der Waals surface area contributed by atoms with Gasteiger partial charge in [-0.05, 0) is 43.0 Å². The van der Waals surface area contributed by atoms with Gasteiger partial charge in [-0.15, -0.1) is 0 Å². The third-order valence-corrected chi connectivity index (χ3v) is 3.87. The van der Waals surface area contributed by atoms with Gasteiger partial charge in [-0.25, -0.2) is 0 Å². The van der Waals surface area contributed by atoms with Crippen molar-refractivity contribution in [2.75, 3.05) is 13.1 Å². The highest BCUT2D eigenvalue weighted by atomic mass is 19.4. The number of alkyl halides is 3. The monoisotopic (exact) mass is 287 g/mol. The number of nitrogens with one attached hydrogen (secondary N) is 1. The van der Waals surface area contributed by atoms with E-state index in [1.165, 1.54) is 37.8 Å². The molecule has 2 N–H and O–H groups in total. The number of aliphatic hydroxyl groups excluding tert-OH is 1. The summed E-state index contributed by atoms with van der Waals surface area (Å²) in [5.74, 6) is 0.676. The fourth-order valence-electron chi connectivity index (χ4n) is 2.65. The summed E-state index contributed by atoms with van der Waals surface area (Å²) in [5, 5.41) is 13.1. The zero-order valence-corrected chi connectivity index (χ0v) is 11.3. The van der Waals surface area contributed by atoms with Gasteiger partial charge in [-0.1, -0.05) is 25.0 Å². The fourth-order valence-corrected chi connectivity index (χ4v) is 2.65. The summed E-state index contributed by atoms with van der Waals surface area (Å²) in [5.41, 5.74) is -0.177. The van der Waals surface area contributed by atoms with Crippen molar-refractivity contribution < 1.29 is 18.3 Å². The van der Waals surface area contributed by atoms with Crippen molar-refractivity contribution >= 4 is 0 Å². The molecule has 1 aromatic carbocycles. The van der Waals surface area contributed by atoms with Crippen molar-refractivity contribution in [1.82, 2.24) is 5.32 Å². The number of aliphatic hydroxyl groups is 1. The van der Waals surface area contributed by atoms with Gasteiger partial charge >= 0.3 is 6.18 Å². The van der Waals surface area contributed by atoms with E-state index in [1.54, 1.807) is 0 Å². The lowest BCUT2D eigenvalue weighted by molar-refractivity contribution is -0.137. The van der Waals surface area contributed by atoms with Gasteiger partial charge in [0.1, 0.15) is 0 Å². The van der Waals surface area contributed by atoms with Crippen LogP contribution in [0.3, 0.4) is 0 Å². The average molecular weight is 287 g/mol. The molecule has 1 aromatic rings. The van der Waals surface area contributed by atoms with Crippen molar-refractivity contribution in [3.63, 3.8) is 0 Å². The van der Waals surface area contributed by atoms with Crippen LogP contribution in [0.1, 0.15) is 42.9 Å². The maximum atomic E-state index is 12.4. The van der Waals surface area contributed by atoms with Crippen LogP contribution in [0.25, 0.3) is 0 Å². The molecule has 112 valence electrons. The van der Waals surface area contributed by atoms with E-state index in [2.05, 4.69) is 5.32 Å². The first-order valence-electron chi connectivity index (χ1n) is 7.03. The fraction of sp³-hybridized carbons (Fsp3) is 0.600. The molecule has 20 heavy (non-hydrogen) atoms. The second kappa shape index (κ2) is 6.59. The molecule has 1 unspecified atom stereocenters. The maximum Gasteiger partial charge on any atom is 0.416 e. The Morgan fingerprint density at radius 1 is 1.15 bits per heavy atom. The average Bonchev–Trinajstić information content (AvgIpc) is 2.91. The molecular weight excluding hydrogens is 267 g/mol. The summed E-state index contributed by atoms with van der Waals surface area (Å²) in [6, 6.07) is 4.69. The number of halogens is 3. The molecule has 0 bridgehead atoms. The number of hydrogen-bond acceptors (Lipinski definition) is 2. The van der Waals surface area contributed by atoms with E-state index in [9.17, 15) is 18.3 Å². The molecule has 5 heteroatoms. The lowest BCUT2D eigenvalue weighted by Crippen LogP contribution is -2.26. The Hall–Kier alpha value is -1.07. The van der Waals surface area contributed by atoms with E-state index < -0.39 is 17.8 Å². The third-order valence-electron chi connectivity index (χ3n) is 3.87. The number of hydrogen-bond donors (Lipinski definition) is 2. The molecule has 0 amide bonds. The lowest BCUT2D eigenvalue weighted by Gasteiger charge is -2.15. The highest BCUT2D eigenvalue weighted by Gasteiger charge is 2.30. The molecule has 0 aliphatic heterocycles. The number of benzene rings is 1. The quantitative estimate of drug-likeness (QED) is 0.868. The molecule has 2 rings (SSSR count). The zero-order chi connectivity index (χ0) is 14.6. The van der Waals surface area contributed by atoms with Crippen LogP contribution in [0.2, 0.25) is 0 Å². The minimum atomic E-state index is -4.33. The van der Waals surface area contributed by atoms with Crippen LogP contribution in [0.4, 0.5) is 13.2 Å². The second-order valence-electron chi connectivity index (χ2n) is 5.44. The van der Waals surface area contributed by atoms with E-state index in [-0.39, 0.29) is 0 Å². The van der Waals surface area contributed by atoms with Crippen LogP contribution in [0, 0.1) is 5.92 Å². The molecule has 0 aromatic heterocycles. The SMILES string of the molecule is OC(CNCC1CCCC1)c1ccc(C(F)(F)F)cc1. The highest BCUT2D eigenvalue weighted by molar-refractivity contribution is 5.26. The minimum Gasteiger partial charge on any atom is -0.387 e. The van der Waals surface area contributed by atoms with Crippen LogP contribution >= 0.6 is 0 Å². The molecule has 1 aliphatic carbocycles. The summed E-state index contributed by atoms with van der Waals surface area (Å²) in [7, 11) is 0. The Morgan fingerprint density at radius 2 is 1.75 bits per heavy atom. The smallest absolute Gasteiger partial charge is 0.387 e. The molecule has 1 fully saturated rings. The lowest BCUT2D eigenvalue weighted by atomic mass is 10.1. The zero-order valence-electron chi connectivity index (χ0n) is 11.3. The van der Waals surface area contributed by atoms with Crippen molar-refractivity contribution in [2.45, 2.75) is 38.0 Å². The van der Waals surface area contributed by atoms with Crippen LogP contribution < -0.4 is 5.32 Å². The Balaban J connectivity index is 1.81. The van der Waals surface area contributed by atoms with Crippen LogP contribution in [0.15, 0.2) is 24.3 Å². The van der Waals surface area contributed by atoms with Crippen molar-refractivity contribution in [1.29, 1.82) is 0 Å². The summed E-state index contributed by atoms with van der Waals surface area (Å²) >= 11 is 0. The summed E-state index contributed by atoms with van der Waals surface area (Å²) < 4.78 is 37.3. The number of rotatable bonds is 5. The first-order valence-corrected chi connectivity index (χ1v) is 7.03. The molecule has 2 nitrogen and oxygen atoms in total. The Morgan fingerprint density at radius 3 is 2.30 bits per heavy atom. The van der Waals surface area contributed by atoms with Gasteiger partial charge in [0, 0.05) is 6.54 Å². The first kappa shape index (κ1) is 15.3. The van der Waals surface area contributed by atoms with Gasteiger partial charge in [0.25, 0.3) is 0 Å². The summed E-state index contributed by atoms with van der Waals surface area (Å²) in [4.78, 5) is 0. The second-order valence-corrected chi connectivity index (χ2v) is 5.44. The van der Waals surface area contributed by atoms with Crippen LogP contribution in [-0.2, 0) is 6.18 Å². The van der Waals surface area contributed by atoms with E-state index >= 15 is 0 Å². The standard InChI is InChI=1S/C15H20F3NO/c16-15(17,18)13-7-5-12(6-8-13)14(20)10-19-9-11-3-1-2-4-11/h5-8,11,14,19-20H,1-4,9-10H2. The molecule has 0 radical (unpaired) electrons. The van der Waals surface area contributed by atoms with E-state index in [0.29, 0.717) is 18.0 Å². The van der Waals surface area contributed by atoms with Gasteiger partial charge in [0.2, 0.25) is 0 Å². The van der Waals surface area contributed by atoms with Crippen LogP contribution in [0.5, 0.6) is 0 Å². The minimum absolute atomic E-state index is 0.377. The molecule has 0 spiro atoms. The normalized spacial score (nSPS) is 18.4. The van der Waals surface area contributed by atoms with Crippen LogP contribution in [-0.4, -0.2) is 18.2 Å². The third kappa shape index (κ3) is 4.21. The molecule has 1 atom stereocenters. The molecule has 1 aliphatic rings. The predicted molar refractivity (Wildman–Crippen MR) is 71.2 cm³/mol. The van der Waals surface area contributed by atoms with Gasteiger partial charge in [0.15, 0.2) is 0 Å². The van der Waals surface area contributed by atoms with E-state index in [4.69, 9.17) is 0 Å². The summed E-state index contributed by atoms with van der Waals surface area (Å²) in [6.07, 6.45) is -0.0999. The highest BCUT2D eigenvalue weighted by Crippen LogP contribution is 2.30. The molecular formula is C15H20F3NO. The molecule has 1 saturated carbocycles. The van der Waals surface area contributed by atoms with E-state index in [0.717, 1.165) is 18.7 Å². The Labute approximate surface area is 117 Å². The van der Waals surface area contributed by atoms with Gasteiger partial charge in [-0.3, -0.25) is 0 Å². The molecule has 0 saturated heterocycles. The van der Waals surface area contributed by atoms with Gasteiger partial charge in [0.05, 0.1) is 11.7 Å². The van der Waals surface area contributed by atoms with E-state index in [1.807, 2.05) is 0 Å². The Kier molecular flexibility index (Phi) is 5.05. The van der Waals surface area contributed by atoms with Crippen molar-refractivity contribution in [3.05, 3.63) is 35.4 Å². The topological polar surface area (TPSA) is 32.3 Å². The first-order chi connectivity index (χ1) is 9.47. The largest absolute Gasteiger partial charge is 0.416 e. The van der Waals surface area contributed by atoms with Gasteiger partial charge < -0.3 is 10.4 Å². The van der Waals surface area contributed by atoms with Crippen molar-refractivity contribution in [2.24, 2.45) is 5.92 Å². The Bertz CT molecular complexity index is 410. The van der Waals surface area contributed by atoms with Crippen molar-refractivity contribution in [3.8, 4) is 0 Å². The van der Waals surface area contributed by atoms with Gasteiger partial charge in [-0.2, -0.15) is 13.2 Å².